The molecule has 3 heterocycles. The number of likely N-dealkylation sites (tertiary alicyclic amines) is 1. The quantitative estimate of drug-likeness (QED) is 0.711. The van der Waals surface area contributed by atoms with Crippen molar-refractivity contribution in [3.8, 4) is 0 Å². The Labute approximate surface area is 98.3 Å². The Kier molecular flexibility index (Phi) is 2.39. The van der Waals surface area contributed by atoms with Gasteiger partial charge in [-0.1, -0.05) is 0 Å². The number of esters is 1. The lowest BCUT2D eigenvalue weighted by molar-refractivity contribution is -0.156. The summed E-state index contributed by atoms with van der Waals surface area (Å²) in [5.74, 6) is 0.0717. The lowest BCUT2D eigenvalue weighted by Crippen LogP contribution is -2.32. The summed E-state index contributed by atoms with van der Waals surface area (Å²) < 4.78 is 10.2. The third-order valence-corrected chi connectivity index (χ3v) is 3.43. The van der Waals surface area contributed by atoms with Crippen LogP contribution in [0, 0.1) is 11.8 Å². The SMILES string of the molecule is O=C1OCCC2C(=O)N(Cc3ccco3)CC12. The van der Waals surface area contributed by atoms with Crippen molar-refractivity contribution in [2.45, 2.75) is 13.0 Å². The maximum absolute atomic E-state index is 12.1. The van der Waals surface area contributed by atoms with E-state index in [9.17, 15) is 9.59 Å². The van der Waals surface area contributed by atoms with Crippen LogP contribution in [0.25, 0.3) is 0 Å². The minimum absolute atomic E-state index is 0.0445. The number of ether oxygens (including phenoxy) is 1. The fraction of sp³-hybridized carbons (Fsp3) is 0.500. The van der Waals surface area contributed by atoms with Crippen LogP contribution in [0.1, 0.15) is 12.2 Å². The molecule has 1 amide bonds. The molecule has 2 saturated heterocycles. The van der Waals surface area contributed by atoms with Crippen LogP contribution in [0.4, 0.5) is 0 Å². The maximum atomic E-state index is 12.1. The summed E-state index contributed by atoms with van der Waals surface area (Å²) in [4.78, 5) is 25.3. The molecule has 0 saturated carbocycles. The number of carbonyl (C=O) groups excluding carboxylic acids is 2. The van der Waals surface area contributed by atoms with Crippen molar-refractivity contribution in [1.82, 2.24) is 4.90 Å². The third kappa shape index (κ3) is 1.71. The lowest BCUT2D eigenvalue weighted by atomic mass is 9.91. The Morgan fingerprint density at radius 3 is 2.94 bits per heavy atom. The van der Waals surface area contributed by atoms with Gasteiger partial charge in [0, 0.05) is 6.54 Å². The number of hydrogen-bond acceptors (Lipinski definition) is 4. The first kappa shape index (κ1) is 10.4. The number of furan rings is 1. The molecule has 3 rings (SSSR count). The summed E-state index contributed by atoms with van der Waals surface area (Å²) in [6.45, 7) is 1.25. The largest absolute Gasteiger partial charge is 0.467 e. The average Bonchev–Trinajstić information content (AvgIpc) is 2.92. The molecule has 0 N–H and O–H groups in total. The van der Waals surface area contributed by atoms with E-state index in [0.717, 1.165) is 5.76 Å². The molecule has 0 aliphatic carbocycles. The standard InChI is InChI=1S/C12H13NO4/c14-11-9-3-5-17-12(15)10(9)7-13(11)6-8-2-1-4-16-8/h1-2,4,9-10H,3,5-7H2. The Hall–Kier alpha value is -1.78. The lowest BCUT2D eigenvalue weighted by Gasteiger charge is -2.20. The molecule has 0 radical (unpaired) electrons. The monoisotopic (exact) mass is 235 g/mol. The van der Waals surface area contributed by atoms with Crippen LogP contribution in [0.5, 0.6) is 0 Å². The molecule has 2 aliphatic rings. The van der Waals surface area contributed by atoms with Crippen molar-refractivity contribution < 1.29 is 18.7 Å². The smallest absolute Gasteiger partial charge is 0.311 e. The number of cyclic esters (lactones) is 1. The fourth-order valence-corrected chi connectivity index (χ4v) is 2.55. The zero-order valence-corrected chi connectivity index (χ0v) is 9.30. The van der Waals surface area contributed by atoms with E-state index >= 15 is 0 Å². The van der Waals surface area contributed by atoms with Crippen LogP contribution >= 0.6 is 0 Å². The summed E-state index contributed by atoms with van der Waals surface area (Å²) in [5.41, 5.74) is 0. The highest BCUT2D eigenvalue weighted by Gasteiger charge is 2.47. The van der Waals surface area contributed by atoms with Crippen molar-refractivity contribution in [2.75, 3.05) is 13.2 Å². The maximum Gasteiger partial charge on any atom is 0.311 e. The van der Waals surface area contributed by atoms with E-state index in [2.05, 4.69) is 0 Å². The molecule has 2 aliphatic heterocycles. The highest BCUT2D eigenvalue weighted by molar-refractivity contribution is 5.89. The van der Waals surface area contributed by atoms with Gasteiger partial charge in [0.1, 0.15) is 5.76 Å². The van der Waals surface area contributed by atoms with E-state index in [0.29, 0.717) is 26.1 Å². The molecule has 2 fully saturated rings. The molecule has 0 spiro atoms. The summed E-state index contributed by atoms with van der Waals surface area (Å²) in [5, 5.41) is 0. The van der Waals surface area contributed by atoms with Gasteiger partial charge in [0.15, 0.2) is 0 Å². The number of nitrogens with zero attached hydrogens (tertiary/aromatic N) is 1. The minimum atomic E-state index is -0.286. The zero-order chi connectivity index (χ0) is 11.8. The first-order valence-electron chi connectivity index (χ1n) is 5.73. The fourth-order valence-electron chi connectivity index (χ4n) is 2.55. The second kappa shape index (κ2) is 3.91. The number of amides is 1. The molecule has 2 atom stereocenters. The Morgan fingerprint density at radius 1 is 1.35 bits per heavy atom. The van der Waals surface area contributed by atoms with Crippen molar-refractivity contribution >= 4 is 11.9 Å². The van der Waals surface area contributed by atoms with E-state index in [1.165, 1.54) is 0 Å². The van der Waals surface area contributed by atoms with Gasteiger partial charge in [-0.2, -0.15) is 0 Å². The van der Waals surface area contributed by atoms with Gasteiger partial charge in [0.05, 0.1) is 31.3 Å². The molecule has 0 bridgehead atoms. The number of carbonyl (C=O) groups is 2. The molecular formula is C12H13NO4. The Morgan fingerprint density at radius 2 is 2.24 bits per heavy atom. The summed E-state index contributed by atoms with van der Waals surface area (Å²) in [7, 11) is 0. The van der Waals surface area contributed by atoms with Crippen molar-refractivity contribution in [2.24, 2.45) is 11.8 Å². The van der Waals surface area contributed by atoms with Crippen LogP contribution < -0.4 is 0 Å². The summed E-state index contributed by atoms with van der Waals surface area (Å²) >= 11 is 0. The van der Waals surface area contributed by atoms with Gasteiger partial charge in [-0.05, 0) is 18.6 Å². The molecule has 5 nitrogen and oxygen atoms in total. The normalized spacial score (nSPS) is 28.1. The van der Waals surface area contributed by atoms with Crippen LogP contribution in [-0.4, -0.2) is 29.9 Å². The molecule has 90 valence electrons. The molecule has 2 unspecified atom stereocenters. The Bertz CT molecular complexity index is 439. The van der Waals surface area contributed by atoms with E-state index in [4.69, 9.17) is 9.15 Å². The van der Waals surface area contributed by atoms with Gasteiger partial charge >= 0.3 is 5.97 Å². The van der Waals surface area contributed by atoms with Crippen molar-refractivity contribution in [3.63, 3.8) is 0 Å². The van der Waals surface area contributed by atoms with Crippen LogP contribution in [-0.2, 0) is 20.9 Å². The highest BCUT2D eigenvalue weighted by atomic mass is 16.5. The number of hydrogen-bond donors (Lipinski definition) is 0. The highest BCUT2D eigenvalue weighted by Crippen LogP contribution is 2.32. The Balaban J connectivity index is 1.75. The second-order valence-electron chi connectivity index (χ2n) is 4.47. The molecule has 5 heteroatoms. The topological polar surface area (TPSA) is 59.8 Å². The van der Waals surface area contributed by atoms with E-state index in [1.807, 2.05) is 6.07 Å². The van der Waals surface area contributed by atoms with Gasteiger partial charge in [-0.15, -0.1) is 0 Å². The minimum Gasteiger partial charge on any atom is -0.467 e. The van der Waals surface area contributed by atoms with Crippen LogP contribution in [0.15, 0.2) is 22.8 Å². The molecule has 1 aromatic heterocycles. The summed E-state index contributed by atoms with van der Waals surface area (Å²) in [6, 6.07) is 3.62. The van der Waals surface area contributed by atoms with Gasteiger partial charge < -0.3 is 14.1 Å². The molecular weight excluding hydrogens is 222 g/mol. The van der Waals surface area contributed by atoms with E-state index < -0.39 is 0 Å². The van der Waals surface area contributed by atoms with Gasteiger partial charge in [-0.25, -0.2) is 0 Å². The first-order valence-corrected chi connectivity index (χ1v) is 5.73. The first-order chi connectivity index (χ1) is 8.25. The third-order valence-electron chi connectivity index (χ3n) is 3.43. The number of rotatable bonds is 2. The van der Waals surface area contributed by atoms with E-state index in [1.54, 1.807) is 17.2 Å². The molecule has 0 aromatic carbocycles. The molecule has 1 aromatic rings. The zero-order valence-electron chi connectivity index (χ0n) is 9.30. The average molecular weight is 235 g/mol. The van der Waals surface area contributed by atoms with E-state index in [-0.39, 0.29) is 23.7 Å². The second-order valence-corrected chi connectivity index (χ2v) is 4.47. The van der Waals surface area contributed by atoms with Crippen molar-refractivity contribution in [1.29, 1.82) is 0 Å². The van der Waals surface area contributed by atoms with Gasteiger partial charge in [0.2, 0.25) is 5.91 Å². The van der Waals surface area contributed by atoms with Gasteiger partial charge in [0.25, 0.3) is 0 Å². The predicted molar refractivity (Wildman–Crippen MR) is 56.7 cm³/mol. The van der Waals surface area contributed by atoms with Crippen molar-refractivity contribution in [3.05, 3.63) is 24.2 Å². The summed E-state index contributed by atoms with van der Waals surface area (Å²) in [6.07, 6.45) is 2.22. The van der Waals surface area contributed by atoms with Crippen LogP contribution in [0.3, 0.4) is 0 Å². The van der Waals surface area contributed by atoms with Crippen LogP contribution in [0.2, 0.25) is 0 Å². The van der Waals surface area contributed by atoms with Gasteiger partial charge in [-0.3, -0.25) is 9.59 Å². The number of fused-ring (bicyclic) bond motifs is 1. The predicted octanol–water partition coefficient (Wildman–Crippen LogP) is 0.801. The molecule has 17 heavy (non-hydrogen) atoms.